The first-order valence-electron chi connectivity index (χ1n) is 10.4. The van der Waals surface area contributed by atoms with Crippen LogP contribution >= 0.6 is 11.6 Å². The molecule has 4 rings (SSSR count). The molecule has 1 atom stereocenters. The van der Waals surface area contributed by atoms with Gasteiger partial charge in [0.05, 0.1) is 23.3 Å². The van der Waals surface area contributed by atoms with Gasteiger partial charge in [-0.15, -0.1) is 0 Å². The second-order valence-electron chi connectivity index (χ2n) is 7.88. The SMILES string of the molecule is CN(c1cc(C=O)ccc1Nc1cc(Cl)nc2c1nc(C(F)F)n2C1CCCCO1)S(C)(=O)=O. The summed E-state index contributed by atoms with van der Waals surface area (Å²) in [6.45, 7) is 0.433. The third-order valence-electron chi connectivity index (χ3n) is 5.55. The summed E-state index contributed by atoms with van der Waals surface area (Å²) >= 11 is 6.24. The fourth-order valence-corrected chi connectivity index (χ4v) is 4.52. The van der Waals surface area contributed by atoms with E-state index < -0.39 is 28.5 Å². The van der Waals surface area contributed by atoms with Gasteiger partial charge in [-0.3, -0.25) is 13.7 Å². The summed E-state index contributed by atoms with van der Waals surface area (Å²) in [5, 5.41) is 3.06. The Labute approximate surface area is 199 Å². The molecule has 0 radical (unpaired) electrons. The summed E-state index contributed by atoms with van der Waals surface area (Å²) in [6.07, 6.45) is 0.243. The van der Waals surface area contributed by atoms with Gasteiger partial charge in [0.2, 0.25) is 10.0 Å². The second kappa shape index (κ2) is 9.43. The molecule has 3 aromatic rings. The van der Waals surface area contributed by atoms with Crippen LogP contribution in [0.25, 0.3) is 11.2 Å². The highest BCUT2D eigenvalue weighted by Gasteiger charge is 2.29. The molecule has 182 valence electrons. The third-order valence-corrected chi connectivity index (χ3v) is 6.93. The number of hydrogen-bond donors (Lipinski definition) is 1. The van der Waals surface area contributed by atoms with E-state index in [0.717, 1.165) is 23.4 Å². The van der Waals surface area contributed by atoms with Crippen molar-refractivity contribution in [1.29, 1.82) is 0 Å². The molecular formula is C21H22ClF2N5O4S. The lowest BCUT2D eigenvalue weighted by atomic mass is 10.1. The molecule has 0 spiro atoms. The average Bonchev–Trinajstić information content (AvgIpc) is 3.18. The molecule has 3 heterocycles. The minimum Gasteiger partial charge on any atom is -0.358 e. The molecular weight excluding hydrogens is 492 g/mol. The number of pyridine rings is 1. The van der Waals surface area contributed by atoms with E-state index in [1.54, 1.807) is 0 Å². The average molecular weight is 514 g/mol. The van der Waals surface area contributed by atoms with Gasteiger partial charge in [0.25, 0.3) is 6.43 Å². The van der Waals surface area contributed by atoms with Crippen LogP contribution < -0.4 is 9.62 Å². The molecule has 9 nitrogen and oxygen atoms in total. The highest BCUT2D eigenvalue weighted by atomic mass is 35.5. The van der Waals surface area contributed by atoms with Crippen molar-refractivity contribution < 1.29 is 26.7 Å². The molecule has 2 aromatic heterocycles. The lowest BCUT2D eigenvalue weighted by molar-refractivity contribution is -0.0363. The molecule has 13 heteroatoms. The van der Waals surface area contributed by atoms with Crippen LogP contribution in [0.1, 0.15) is 48.1 Å². The number of aromatic nitrogens is 3. The van der Waals surface area contributed by atoms with E-state index in [1.807, 2.05) is 0 Å². The highest BCUT2D eigenvalue weighted by Crippen LogP contribution is 2.38. The lowest BCUT2D eigenvalue weighted by Crippen LogP contribution is -2.25. The summed E-state index contributed by atoms with van der Waals surface area (Å²) in [7, 11) is -2.33. The van der Waals surface area contributed by atoms with Gasteiger partial charge in [-0.05, 0) is 37.5 Å². The molecule has 0 saturated carbocycles. The van der Waals surface area contributed by atoms with Crippen LogP contribution in [-0.2, 0) is 14.8 Å². The smallest absolute Gasteiger partial charge is 0.295 e. The number of halogens is 3. The van der Waals surface area contributed by atoms with E-state index in [9.17, 15) is 22.0 Å². The van der Waals surface area contributed by atoms with Crippen molar-refractivity contribution in [1.82, 2.24) is 14.5 Å². The minimum atomic E-state index is -3.67. The van der Waals surface area contributed by atoms with Crippen LogP contribution in [0, 0.1) is 0 Å². The fraction of sp³-hybridized carbons (Fsp3) is 0.381. The Bertz CT molecular complexity index is 1340. The van der Waals surface area contributed by atoms with E-state index in [1.165, 1.54) is 35.9 Å². The van der Waals surface area contributed by atoms with E-state index in [2.05, 4.69) is 15.3 Å². The van der Waals surface area contributed by atoms with Gasteiger partial charge in [0, 0.05) is 25.3 Å². The minimum absolute atomic E-state index is 0.0234. The van der Waals surface area contributed by atoms with Crippen molar-refractivity contribution in [3.8, 4) is 0 Å². The van der Waals surface area contributed by atoms with E-state index >= 15 is 0 Å². The predicted molar refractivity (Wildman–Crippen MR) is 125 cm³/mol. The lowest BCUT2D eigenvalue weighted by Gasteiger charge is -2.25. The number of rotatable bonds is 7. The van der Waals surface area contributed by atoms with Crippen LogP contribution in [0.2, 0.25) is 5.15 Å². The summed E-state index contributed by atoms with van der Waals surface area (Å²) in [5.74, 6) is -0.496. The quantitative estimate of drug-likeness (QED) is 0.361. The first-order chi connectivity index (χ1) is 16.1. The van der Waals surface area contributed by atoms with Crippen molar-refractivity contribution in [2.75, 3.05) is 29.5 Å². The molecule has 0 aliphatic carbocycles. The number of nitrogens with zero attached hydrogens (tertiary/aromatic N) is 4. The number of aldehydes is 1. The van der Waals surface area contributed by atoms with Crippen molar-refractivity contribution in [3.05, 3.63) is 40.8 Å². The van der Waals surface area contributed by atoms with Crippen LogP contribution in [0.15, 0.2) is 24.3 Å². The Morgan fingerprint density at radius 3 is 2.65 bits per heavy atom. The summed E-state index contributed by atoms with van der Waals surface area (Å²) in [6, 6.07) is 5.82. The summed E-state index contributed by atoms with van der Waals surface area (Å²) < 4.78 is 60.2. The standard InChI is InChI=1S/C21H22ClF2N5O4S/c1-28(34(2,31)32)15-9-12(11-30)6-7-13(15)25-14-10-16(22)26-20-18(14)27-21(19(23)24)29(20)17-5-3-4-8-33-17/h6-7,9-11,17,19H,3-5,8H2,1-2H3,(H,25,26). The fourth-order valence-electron chi connectivity index (χ4n) is 3.82. The summed E-state index contributed by atoms with van der Waals surface area (Å²) in [4.78, 5) is 19.6. The number of carbonyl (C=O) groups excluding carboxylic acids is 1. The molecule has 0 bridgehead atoms. The van der Waals surface area contributed by atoms with E-state index in [-0.39, 0.29) is 33.3 Å². The van der Waals surface area contributed by atoms with Crippen molar-refractivity contribution in [2.45, 2.75) is 31.9 Å². The number of sulfonamides is 1. The molecule has 1 aromatic carbocycles. The van der Waals surface area contributed by atoms with Crippen LogP contribution in [0.4, 0.5) is 25.8 Å². The zero-order valence-electron chi connectivity index (χ0n) is 18.3. The predicted octanol–water partition coefficient (Wildman–Crippen LogP) is 4.67. The number of alkyl halides is 2. The molecule has 1 saturated heterocycles. The van der Waals surface area contributed by atoms with Gasteiger partial charge in [-0.1, -0.05) is 11.6 Å². The van der Waals surface area contributed by atoms with Gasteiger partial charge >= 0.3 is 0 Å². The number of fused-ring (bicyclic) bond motifs is 1. The van der Waals surface area contributed by atoms with Gasteiger partial charge < -0.3 is 10.1 Å². The second-order valence-corrected chi connectivity index (χ2v) is 10.3. The maximum Gasteiger partial charge on any atom is 0.295 e. The number of nitrogens with one attached hydrogen (secondary N) is 1. The molecule has 1 aliphatic rings. The Morgan fingerprint density at radius 2 is 2.03 bits per heavy atom. The monoisotopic (exact) mass is 513 g/mol. The van der Waals surface area contributed by atoms with Gasteiger partial charge in [-0.2, -0.15) is 0 Å². The topological polar surface area (TPSA) is 106 Å². The number of ether oxygens (including phenoxy) is 1. The molecule has 0 amide bonds. The molecule has 1 unspecified atom stereocenters. The normalized spacial score (nSPS) is 16.7. The maximum absolute atomic E-state index is 13.9. The highest BCUT2D eigenvalue weighted by molar-refractivity contribution is 7.92. The molecule has 1 N–H and O–H groups in total. The number of anilines is 3. The molecule has 34 heavy (non-hydrogen) atoms. The van der Waals surface area contributed by atoms with Gasteiger partial charge in [0.1, 0.15) is 23.2 Å². The number of hydrogen-bond acceptors (Lipinski definition) is 7. The Hall–Kier alpha value is -2.83. The zero-order valence-corrected chi connectivity index (χ0v) is 19.9. The van der Waals surface area contributed by atoms with Gasteiger partial charge in [0.15, 0.2) is 11.5 Å². The number of imidazole rings is 1. The summed E-state index contributed by atoms with van der Waals surface area (Å²) in [5.41, 5.74) is 1.23. The van der Waals surface area contributed by atoms with E-state index in [0.29, 0.717) is 25.0 Å². The zero-order chi connectivity index (χ0) is 24.6. The van der Waals surface area contributed by atoms with Crippen molar-refractivity contribution >= 4 is 56.1 Å². The van der Waals surface area contributed by atoms with Crippen LogP contribution in [0.3, 0.4) is 0 Å². The molecule has 1 fully saturated rings. The van der Waals surface area contributed by atoms with Crippen LogP contribution in [-0.4, -0.2) is 49.1 Å². The first-order valence-corrected chi connectivity index (χ1v) is 12.6. The van der Waals surface area contributed by atoms with Crippen LogP contribution in [0.5, 0.6) is 0 Å². The Balaban J connectivity index is 1.87. The third kappa shape index (κ3) is 4.70. The maximum atomic E-state index is 13.9. The van der Waals surface area contributed by atoms with Crippen molar-refractivity contribution in [2.24, 2.45) is 0 Å². The Kier molecular flexibility index (Phi) is 6.74. The van der Waals surface area contributed by atoms with Crippen molar-refractivity contribution in [3.63, 3.8) is 0 Å². The first kappa shape index (κ1) is 24.3. The van der Waals surface area contributed by atoms with E-state index in [4.69, 9.17) is 16.3 Å². The largest absolute Gasteiger partial charge is 0.358 e. The number of benzene rings is 1. The number of carbonyl (C=O) groups is 1. The van der Waals surface area contributed by atoms with Gasteiger partial charge in [-0.25, -0.2) is 27.2 Å². The Morgan fingerprint density at radius 1 is 1.26 bits per heavy atom. The molecule has 1 aliphatic heterocycles.